The largest absolute Gasteiger partial charge is 0.507 e. The van der Waals surface area contributed by atoms with Gasteiger partial charge in [0.15, 0.2) is 0 Å². The molecule has 2 N–H and O–H groups in total. The Hall–Kier alpha value is -2.48. The lowest BCUT2D eigenvalue weighted by Crippen LogP contribution is -3.13. The van der Waals surface area contributed by atoms with Crippen LogP contribution in [0.1, 0.15) is 5.56 Å². The zero-order valence-corrected chi connectivity index (χ0v) is 16.1. The van der Waals surface area contributed by atoms with E-state index in [1.807, 2.05) is 30.3 Å². The lowest BCUT2D eigenvalue weighted by Gasteiger charge is -2.31. The van der Waals surface area contributed by atoms with Gasteiger partial charge in [-0.2, -0.15) is 4.31 Å². The van der Waals surface area contributed by atoms with Crippen molar-refractivity contribution >= 4 is 20.8 Å². The monoisotopic (exact) mass is 401 g/mol. The molecule has 3 aromatic rings. The first-order valence-electron chi connectivity index (χ1n) is 9.24. The number of quaternary nitrogens is 1. The van der Waals surface area contributed by atoms with E-state index in [2.05, 4.69) is 0 Å². The minimum absolute atomic E-state index is 0.0114. The zero-order chi connectivity index (χ0) is 19.7. The average molecular weight is 401 g/mol. The molecule has 4 rings (SSSR count). The van der Waals surface area contributed by atoms with E-state index >= 15 is 0 Å². The van der Waals surface area contributed by atoms with Gasteiger partial charge in [-0.15, -0.1) is 0 Å². The van der Waals surface area contributed by atoms with E-state index in [1.165, 1.54) is 27.4 Å². The number of phenols is 1. The highest BCUT2D eigenvalue weighted by atomic mass is 32.2. The standard InChI is InChI=1S/C21H21FN2O3S/c22-17-5-3-6-18(14-17)28(26,27)24-12-10-23(11-13-24)15-20-19-7-2-1-4-16(19)8-9-21(20)25/h1-9,14,25H,10-13,15H2/p+1. The van der Waals surface area contributed by atoms with Crippen LogP contribution in [0.25, 0.3) is 10.8 Å². The van der Waals surface area contributed by atoms with Crippen LogP contribution in [-0.2, 0) is 16.6 Å². The molecule has 1 aliphatic rings. The van der Waals surface area contributed by atoms with Gasteiger partial charge in [0.25, 0.3) is 0 Å². The molecule has 0 aromatic heterocycles. The van der Waals surface area contributed by atoms with Crippen LogP contribution in [0.2, 0.25) is 0 Å². The normalized spacial score (nSPS) is 16.5. The molecule has 1 fully saturated rings. The second-order valence-corrected chi connectivity index (χ2v) is 9.01. The highest BCUT2D eigenvalue weighted by Crippen LogP contribution is 2.26. The first-order valence-corrected chi connectivity index (χ1v) is 10.7. The number of nitrogens with zero attached hydrogens (tertiary/aromatic N) is 1. The molecule has 0 saturated carbocycles. The molecular formula is C21H22FN2O3S+. The van der Waals surface area contributed by atoms with Gasteiger partial charge in [-0.25, -0.2) is 12.8 Å². The first kappa shape index (κ1) is 18.9. The summed E-state index contributed by atoms with van der Waals surface area (Å²) in [4.78, 5) is 1.19. The Morgan fingerprint density at radius 3 is 2.50 bits per heavy atom. The number of hydrogen-bond donors (Lipinski definition) is 2. The van der Waals surface area contributed by atoms with E-state index in [4.69, 9.17) is 0 Å². The summed E-state index contributed by atoms with van der Waals surface area (Å²) in [6.07, 6.45) is 0. The highest BCUT2D eigenvalue weighted by molar-refractivity contribution is 7.89. The van der Waals surface area contributed by atoms with E-state index in [-0.39, 0.29) is 10.6 Å². The molecule has 0 atom stereocenters. The van der Waals surface area contributed by atoms with Gasteiger partial charge in [-0.05, 0) is 35.0 Å². The van der Waals surface area contributed by atoms with Crippen molar-refractivity contribution in [1.82, 2.24) is 4.31 Å². The van der Waals surface area contributed by atoms with Crippen LogP contribution in [-0.4, -0.2) is 44.0 Å². The Morgan fingerprint density at radius 1 is 1.00 bits per heavy atom. The summed E-state index contributed by atoms with van der Waals surface area (Å²) in [6, 6.07) is 16.6. The van der Waals surface area contributed by atoms with E-state index in [0.717, 1.165) is 22.4 Å². The molecule has 0 aliphatic carbocycles. The first-order chi connectivity index (χ1) is 13.4. The van der Waals surface area contributed by atoms with Crippen LogP contribution < -0.4 is 4.90 Å². The zero-order valence-electron chi connectivity index (χ0n) is 15.3. The molecule has 1 heterocycles. The fourth-order valence-electron chi connectivity index (χ4n) is 3.76. The van der Waals surface area contributed by atoms with Gasteiger partial charge in [0.1, 0.15) is 18.1 Å². The second kappa shape index (κ2) is 7.50. The SMILES string of the molecule is O=S(=O)(c1cccc(F)c1)N1CC[NH+](Cc2c(O)ccc3ccccc23)CC1. The molecule has 1 saturated heterocycles. The summed E-state index contributed by atoms with van der Waals surface area (Å²) in [5, 5.41) is 12.4. The van der Waals surface area contributed by atoms with Gasteiger partial charge in [0.2, 0.25) is 10.0 Å². The number of fused-ring (bicyclic) bond motifs is 1. The van der Waals surface area contributed by atoms with Gasteiger partial charge in [0.05, 0.1) is 36.6 Å². The minimum Gasteiger partial charge on any atom is -0.507 e. The number of sulfonamides is 1. The second-order valence-electron chi connectivity index (χ2n) is 7.07. The maximum absolute atomic E-state index is 13.4. The third kappa shape index (κ3) is 3.61. The number of aromatic hydroxyl groups is 1. The molecular weight excluding hydrogens is 379 g/mol. The van der Waals surface area contributed by atoms with E-state index < -0.39 is 15.8 Å². The molecule has 0 amide bonds. The summed E-state index contributed by atoms with van der Waals surface area (Å²) >= 11 is 0. The van der Waals surface area contributed by atoms with Gasteiger partial charge in [0, 0.05) is 0 Å². The highest BCUT2D eigenvalue weighted by Gasteiger charge is 2.31. The smallest absolute Gasteiger partial charge is 0.243 e. The molecule has 146 valence electrons. The maximum Gasteiger partial charge on any atom is 0.243 e. The van der Waals surface area contributed by atoms with Crippen LogP contribution in [0, 0.1) is 5.82 Å². The Morgan fingerprint density at radius 2 is 1.75 bits per heavy atom. The van der Waals surface area contributed by atoms with Crippen LogP contribution >= 0.6 is 0 Å². The van der Waals surface area contributed by atoms with Crippen LogP contribution in [0.4, 0.5) is 4.39 Å². The van der Waals surface area contributed by atoms with E-state index in [1.54, 1.807) is 6.07 Å². The van der Waals surface area contributed by atoms with Gasteiger partial charge >= 0.3 is 0 Å². The number of halogens is 1. The van der Waals surface area contributed by atoms with E-state index in [0.29, 0.717) is 32.7 Å². The molecule has 0 spiro atoms. The fourth-order valence-corrected chi connectivity index (χ4v) is 5.23. The number of rotatable bonds is 4. The van der Waals surface area contributed by atoms with Crippen LogP contribution in [0.5, 0.6) is 5.75 Å². The lowest BCUT2D eigenvalue weighted by molar-refractivity contribution is -0.917. The molecule has 0 radical (unpaired) electrons. The number of nitrogens with one attached hydrogen (secondary N) is 1. The Kier molecular flexibility index (Phi) is 5.05. The van der Waals surface area contributed by atoms with Crippen molar-refractivity contribution in [3.8, 4) is 5.75 Å². The summed E-state index contributed by atoms with van der Waals surface area (Å²) < 4.78 is 40.3. The number of hydrogen-bond acceptors (Lipinski definition) is 3. The average Bonchev–Trinajstić information content (AvgIpc) is 2.70. The predicted molar refractivity (Wildman–Crippen MR) is 105 cm³/mol. The van der Waals surface area contributed by atoms with E-state index in [9.17, 15) is 17.9 Å². The van der Waals surface area contributed by atoms with Gasteiger partial charge < -0.3 is 10.0 Å². The van der Waals surface area contributed by atoms with Gasteiger partial charge in [-0.1, -0.05) is 36.4 Å². The van der Waals surface area contributed by atoms with Crippen molar-refractivity contribution in [2.75, 3.05) is 26.2 Å². The summed E-state index contributed by atoms with van der Waals surface area (Å²) in [5.74, 6) is -0.294. The Balaban J connectivity index is 1.49. The predicted octanol–water partition coefficient (Wildman–Crippen LogP) is 1.77. The Bertz CT molecular complexity index is 1110. The lowest BCUT2D eigenvalue weighted by atomic mass is 10.0. The number of phenolic OH excluding ortho intramolecular Hbond substituents is 1. The quantitative estimate of drug-likeness (QED) is 0.701. The van der Waals surface area contributed by atoms with Crippen molar-refractivity contribution in [3.63, 3.8) is 0 Å². The van der Waals surface area contributed by atoms with Gasteiger partial charge in [-0.3, -0.25) is 0 Å². The summed E-state index contributed by atoms with van der Waals surface area (Å²) in [6.45, 7) is 2.59. The van der Waals surface area contributed by atoms with Crippen molar-refractivity contribution in [2.24, 2.45) is 0 Å². The number of benzene rings is 3. The molecule has 28 heavy (non-hydrogen) atoms. The topological polar surface area (TPSA) is 62.0 Å². The minimum atomic E-state index is -3.69. The molecule has 0 bridgehead atoms. The molecule has 1 aliphatic heterocycles. The Labute approximate surface area is 163 Å². The molecule has 7 heteroatoms. The van der Waals surface area contributed by atoms with Crippen LogP contribution in [0.15, 0.2) is 65.6 Å². The van der Waals surface area contributed by atoms with Crippen molar-refractivity contribution in [1.29, 1.82) is 0 Å². The molecule has 5 nitrogen and oxygen atoms in total. The molecule has 3 aromatic carbocycles. The summed E-state index contributed by atoms with van der Waals surface area (Å²) in [5.41, 5.74) is 0.884. The van der Waals surface area contributed by atoms with Crippen LogP contribution in [0.3, 0.4) is 0 Å². The summed E-state index contributed by atoms with van der Waals surface area (Å²) in [7, 11) is -3.69. The van der Waals surface area contributed by atoms with Crippen molar-refractivity contribution in [2.45, 2.75) is 11.4 Å². The maximum atomic E-state index is 13.4. The van der Waals surface area contributed by atoms with Crippen molar-refractivity contribution < 1.29 is 22.8 Å². The fraction of sp³-hybridized carbons (Fsp3) is 0.238. The third-order valence-corrected chi connectivity index (χ3v) is 7.20. The molecule has 0 unspecified atom stereocenters. The van der Waals surface area contributed by atoms with Crippen molar-refractivity contribution in [3.05, 3.63) is 72.0 Å². The third-order valence-electron chi connectivity index (χ3n) is 5.31. The number of piperazine rings is 1.